The highest BCUT2D eigenvalue weighted by Crippen LogP contribution is 2.29. The minimum Gasteiger partial charge on any atom is -0.370 e. The lowest BCUT2D eigenvalue weighted by Gasteiger charge is -2.04. The summed E-state index contributed by atoms with van der Waals surface area (Å²) in [5.74, 6) is -12.3. The van der Waals surface area contributed by atoms with Crippen LogP contribution in [0.15, 0.2) is 9.98 Å². The maximum atomic E-state index is 13.1. The maximum absolute atomic E-state index is 13.1. The fraction of sp³-hybridized carbons (Fsp3) is 0. The SMILES string of the molecule is Cl.NC(N)=NC(N)=Nc1c(F)c(F)c(F)c(F)c1F. The van der Waals surface area contributed by atoms with Crippen LogP contribution in [0.5, 0.6) is 0 Å². The number of benzene rings is 1. The molecule has 0 aliphatic carbocycles. The van der Waals surface area contributed by atoms with E-state index in [9.17, 15) is 22.0 Å². The number of hydrogen-bond donors (Lipinski definition) is 3. The molecule has 1 aromatic rings. The zero-order valence-corrected chi connectivity index (χ0v) is 9.74. The molecule has 0 aliphatic rings. The van der Waals surface area contributed by atoms with Crippen LogP contribution in [0.2, 0.25) is 0 Å². The van der Waals surface area contributed by atoms with Crippen molar-refractivity contribution in [2.45, 2.75) is 0 Å². The molecule has 0 radical (unpaired) electrons. The highest BCUT2D eigenvalue weighted by molar-refractivity contribution is 5.93. The molecule has 0 heterocycles. The number of nitrogens with zero attached hydrogens (tertiary/aromatic N) is 2. The zero-order valence-electron chi connectivity index (χ0n) is 8.92. The molecule has 0 aromatic heterocycles. The third kappa shape index (κ3) is 3.44. The van der Waals surface area contributed by atoms with Gasteiger partial charge < -0.3 is 17.2 Å². The van der Waals surface area contributed by atoms with Crippen molar-refractivity contribution in [2.75, 3.05) is 0 Å². The fourth-order valence-electron chi connectivity index (χ4n) is 0.963. The van der Waals surface area contributed by atoms with E-state index >= 15 is 0 Å². The summed E-state index contributed by atoms with van der Waals surface area (Å²) in [6.45, 7) is 0. The van der Waals surface area contributed by atoms with Crippen molar-refractivity contribution in [3.8, 4) is 0 Å². The lowest BCUT2D eigenvalue weighted by atomic mass is 10.2. The molecule has 0 bridgehead atoms. The first-order valence-corrected chi connectivity index (χ1v) is 4.21. The van der Waals surface area contributed by atoms with E-state index in [2.05, 4.69) is 9.98 Å². The lowest BCUT2D eigenvalue weighted by Crippen LogP contribution is -2.26. The summed E-state index contributed by atoms with van der Waals surface area (Å²) in [5, 5.41) is 0. The van der Waals surface area contributed by atoms with Crippen LogP contribution in [-0.4, -0.2) is 11.9 Å². The minimum absolute atomic E-state index is 0. The molecule has 0 saturated carbocycles. The third-order valence-corrected chi connectivity index (χ3v) is 1.66. The van der Waals surface area contributed by atoms with Gasteiger partial charge in [-0.15, -0.1) is 12.4 Å². The summed E-state index contributed by atoms with van der Waals surface area (Å²) in [6.07, 6.45) is 0. The molecule has 0 fully saturated rings. The third-order valence-electron chi connectivity index (χ3n) is 1.66. The van der Waals surface area contributed by atoms with Crippen molar-refractivity contribution in [3.63, 3.8) is 0 Å². The standard InChI is InChI=1S/C8H6F5N5.ClH/c9-1-2(10)4(12)6(5(13)3(1)11)17-8(16)18-7(14)15;/h(H6,14,15,16,17,18);1H. The Morgan fingerprint density at radius 3 is 1.47 bits per heavy atom. The summed E-state index contributed by atoms with van der Waals surface area (Å²) >= 11 is 0. The van der Waals surface area contributed by atoms with Crippen LogP contribution in [-0.2, 0) is 0 Å². The monoisotopic (exact) mass is 303 g/mol. The van der Waals surface area contributed by atoms with Crippen LogP contribution in [0.1, 0.15) is 0 Å². The Bertz CT molecular complexity index is 526. The molecule has 0 atom stereocenters. The van der Waals surface area contributed by atoms with Crippen LogP contribution >= 0.6 is 12.4 Å². The van der Waals surface area contributed by atoms with Gasteiger partial charge in [0.1, 0.15) is 5.69 Å². The van der Waals surface area contributed by atoms with Crippen molar-refractivity contribution >= 4 is 30.0 Å². The number of halogens is 6. The van der Waals surface area contributed by atoms with Crippen molar-refractivity contribution in [3.05, 3.63) is 29.1 Å². The van der Waals surface area contributed by atoms with E-state index in [0.29, 0.717) is 0 Å². The summed E-state index contributed by atoms with van der Waals surface area (Å²) in [7, 11) is 0. The topological polar surface area (TPSA) is 103 Å². The first kappa shape index (κ1) is 16.9. The van der Waals surface area contributed by atoms with Gasteiger partial charge in [0.25, 0.3) is 0 Å². The number of hydrogen-bond acceptors (Lipinski definition) is 1. The summed E-state index contributed by atoms with van der Waals surface area (Å²) in [6, 6.07) is 0. The van der Waals surface area contributed by atoms with E-state index < -0.39 is 46.7 Å². The van der Waals surface area contributed by atoms with E-state index in [1.54, 1.807) is 0 Å². The molecule has 0 amide bonds. The van der Waals surface area contributed by atoms with E-state index in [0.717, 1.165) is 0 Å². The number of rotatable bonds is 1. The Kier molecular flexibility index (Phi) is 5.50. The second-order valence-electron chi connectivity index (χ2n) is 2.93. The highest BCUT2D eigenvalue weighted by atomic mass is 35.5. The number of aliphatic imine (C=N–C) groups is 2. The Morgan fingerprint density at radius 2 is 1.11 bits per heavy atom. The van der Waals surface area contributed by atoms with E-state index in [1.165, 1.54) is 0 Å². The molecular weight excluding hydrogens is 297 g/mol. The van der Waals surface area contributed by atoms with Crippen LogP contribution in [0.3, 0.4) is 0 Å². The van der Waals surface area contributed by atoms with Gasteiger partial charge in [0.15, 0.2) is 29.2 Å². The van der Waals surface area contributed by atoms with Gasteiger partial charge in [-0.05, 0) is 0 Å². The molecule has 106 valence electrons. The second-order valence-corrected chi connectivity index (χ2v) is 2.93. The van der Waals surface area contributed by atoms with Gasteiger partial charge >= 0.3 is 0 Å². The van der Waals surface area contributed by atoms with E-state index in [4.69, 9.17) is 17.2 Å². The van der Waals surface area contributed by atoms with E-state index in [1.807, 2.05) is 0 Å². The Hall–Kier alpha value is -2.10. The molecule has 19 heavy (non-hydrogen) atoms. The molecule has 0 unspecified atom stereocenters. The van der Waals surface area contributed by atoms with Crippen LogP contribution in [0.4, 0.5) is 27.6 Å². The predicted molar refractivity (Wildman–Crippen MR) is 60.6 cm³/mol. The summed E-state index contributed by atoms with van der Waals surface area (Å²) < 4.78 is 64.4. The van der Waals surface area contributed by atoms with Crippen LogP contribution < -0.4 is 17.2 Å². The molecule has 5 nitrogen and oxygen atoms in total. The Labute approximate surface area is 109 Å². The number of guanidine groups is 2. The normalized spacial score (nSPS) is 10.9. The maximum Gasteiger partial charge on any atom is 0.223 e. The number of nitrogens with two attached hydrogens (primary N) is 3. The quantitative estimate of drug-likeness (QED) is 0.237. The smallest absolute Gasteiger partial charge is 0.223 e. The molecule has 0 saturated heterocycles. The van der Waals surface area contributed by atoms with Gasteiger partial charge in [0.2, 0.25) is 11.8 Å². The van der Waals surface area contributed by atoms with Gasteiger partial charge in [-0.1, -0.05) is 0 Å². The fourth-order valence-corrected chi connectivity index (χ4v) is 0.963. The molecule has 11 heteroatoms. The summed E-state index contributed by atoms with van der Waals surface area (Å²) in [5.41, 5.74) is 13.3. The van der Waals surface area contributed by atoms with Gasteiger partial charge in [-0.25, -0.2) is 26.9 Å². The lowest BCUT2D eigenvalue weighted by molar-refractivity contribution is 0.381. The first-order valence-electron chi connectivity index (χ1n) is 4.21. The second kappa shape index (κ2) is 6.18. The molecule has 1 aromatic carbocycles. The average molecular weight is 304 g/mol. The van der Waals surface area contributed by atoms with Crippen molar-refractivity contribution < 1.29 is 22.0 Å². The first-order chi connectivity index (χ1) is 8.25. The highest BCUT2D eigenvalue weighted by Gasteiger charge is 2.25. The molecular formula is C8H7ClF5N5. The van der Waals surface area contributed by atoms with Gasteiger partial charge in [-0.2, -0.15) is 4.99 Å². The van der Waals surface area contributed by atoms with Crippen LogP contribution in [0, 0.1) is 29.1 Å². The Morgan fingerprint density at radius 1 is 0.737 bits per heavy atom. The minimum atomic E-state index is -2.30. The Balaban J connectivity index is 0.00000324. The molecule has 0 aliphatic heterocycles. The van der Waals surface area contributed by atoms with Crippen LogP contribution in [0.25, 0.3) is 0 Å². The average Bonchev–Trinajstić information content (AvgIpc) is 2.29. The molecule has 1 rings (SSSR count). The summed E-state index contributed by atoms with van der Waals surface area (Å²) in [4.78, 5) is 5.98. The molecule has 0 spiro atoms. The van der Waals surface area contributed by atoms with Gasteiger partial charge in [-0.3, -0.25) is 0 Å². The predicted octanol–water partition coefficient (Wildman–Crippen LogP) is 1.02. The van der Waals surface area contributed by atoms with E-state index in [-0.39, 0.29) is 12.4 Å². The zero-order chi connectivity index (χ0) is 14.0. The van der Waals surface area contributed by atoms with Crippen molar-refractivity contribution in [1.29, 1.82) is 0 Å². The molecule has 6 N–H and O–H groups in total. The van der Waals surface area contributed by atoms with Crippen molar-refractivity contribution in [1.82, 2.24) is 0 Å². The largest absolute Gasteiger partial charge is 0.370 e. The van der Waals surface area contributed by atoms with Gasteiger partial charge in [0.05, 0.1) is 0 Å². The van der Waals surface area contributed by atoms with Crippen molar-refractivity contribution in [2.24, 2.45) is 27.2 Å². The van der Waals surface area contributed by atoms with Gasteiger partial charge in [0, 0.05) is 0 Å².